The molecule has 466 valence electrons. The van der Waals surface area contributed by atoms with Crippen molar-refractivity contribution in [2.45, 2.75) is 25.7 Å². The zero-order valence-electron chi connectivity index (χ0n) is 50.0. The Bertz CT molecular complexity index is 4650. The van der Waals surface area contributed by atoms with Crippen molar-refractivity contribution in [1.82, 2.24) is 52.7 Å². The van der Waals surface area contributed by atoms with Gasteiger partial charge in [-0.1, -0.05) is 24.3 Å². The maximum absolute atomic E-state index is 14.0. The number of fused-ring (bicyclic) bond motifs is 4. The molecule has 0 spiro atoms. The molecule has 10 N–H and O–H groups in total. The van der Waals surface area contributed by atoms with E-state index in [1.165, 1.54) is 72.7 Å². The largest absolute Gasteiger partial charge is 0.507 e. The number of hydrogen-bond donors (Lipinski definition) is 10. The third kappa shape index (κ3) is 12.7. The summed E-state index contributed by atoms with van der Waals surface area (Å²) in [5.41, 5.74) is 4.43. The van der Waals surface area contributed by atoms with Crippen molar-refractivity contribution >= 4 is 132 Å². The zero-order chi connectivity index (χ0) is 64.7. The van der Waals surface area contributed by atoms with E-state index >= 15 is 0 Å². The van der Waals surface area contributed by atoms with E-state index in [0.717, 1.165) is 10.9 Å². The molecule has 1 atom stereocenters. The Morgan fingerprint density at radius 3 is 1.59 bits per heavy atom. The number of aromatic hydroxyl groups is 1. The number of aromatic amines is 1. The molecule has 8 heterocycles. The summed E-state index contributed by atoms with van der Waals surface area (Å²) < 4.78 is 8.84. The number of rotatable bonds is 19. The van der Waals surface area contributed by atoms with Crippen molar-refractivity contribution in [2.75, 3.05) is 61.1 Å². The molecule has 1 aliphatic heterocycles. The van der Waals surface area contributed by atoms with Gasteiger partial charge in [-0.3, -0.25) is 43.2 Å². The van der Waals surface area contributed by atoms with Crippen LogP contribution in [0.4, 0.5) is 45.9 Å². The standard InChI is InChI=1S/C61H60ClN19O10/c1-31(82)64-47-28-78(5)54(71-47)60(90)74-49-30-80(7)53(73-49)59(89)68-37-21-45(77(4)27-37)57(87)66-35-19-43(75(2)25-35)55(85)63-16-10-13-50(84)70-48-29-79(6)52(72-48)58(88)67-36-20-44(76(3)26-36)56(86)65-34-14-15-40-32(17-34)18-41(69-40)61(91)81-24-33(23-62)51-39-12-9-8-11-38(39)46(83)22-42(51)81/h8-9,11-12,14-15,17-22,25-30,33,69,83H,10,13,16,23-24H2,1-7H3,(H,63,85)(H,64,82)(H,65,86)(H,66,87)(H,67,88)(H,68,89)(H,70,84)(H,74,90). The summed E-state index contributed by atoms with van der Waals surface area (Å²) >= 11 is 6.41. The number of amides is 9. The number of H-pyrrole nitrogens is 1. The maximum Gasteiger partial charge on any atom is 0.292 e. The van der Waals surface area contributed by atoms with Crippen LogP contribution in [0.15, 0.2) is 110 Å². The van der Waals surface area contributed by atoms with Crippen molar-refractivity contribution in [3.63, 3.8) is 0 Å². The number of phenols is 1. The van der Waals surface area contributed by atoms with Gasteiger partial charge in [0.1, 0.15) is 28.5 Å². The van der Waals surface area contributed by atoms with Crippen LogP contribution < -0.4 is 47.4 Å². The first-order valence-electron chi connectivity index (χ1n) is 28.3. The number of alkyl halides is 1. The Morgan fingerprint density at radius 2 is 1.04 bits per heavy atom. The predicted octanol–water partition coefficient (Wildman–Crippen LogP) is 6.59. The Labute approximate surface area is 521 Å². The molecule has 7 aromatic heterocycles. The molecule has 11 rings (SSSR count). The van der Waals surface area contributed by atoms with Crippen molar-refractivity contribution in [3.05, 3.63) is 156 Å². The van der Waals surface area contributed by atoms with Crippen LogP contribution in [0, 0.1) is 0 Å². The van der Waals surface area contributed by atoms with Crippen LogP contribution in [0.2, 0.25) is 0 Å². The number of benzene rings is 3. The van der Waals surface area contributed by atoms with Gasteiger partial charge in [0, 0.05) is 146 Å². The van der Waals surface area contributed by atoms with E-state index < -0.39 is 41.4 Å². The molecule has 29 nitrogen and oxygen atoms in total. The fraction of sp³-hybridized carbons (Fsp3) is 0.213. The van der Waals surface area contributed by atoms with E-state index in [0.29, 0.717) is 51.3 Å². The number of aryl methyl sites for hydroxylation is 6. The second-order valence-electron chi connectivity index (χ2n) is 21.8. The Morgan fingerprint density at radius 1 is 0.549 bits per heavy atom. The van der Waals surface area contributed by atoms with Gasteiger partial charge < -0.3 is 84.9 Å². The fourth-order valence-corrected chi connectivity index (χ4v) is 11.1. The second-order valence-corrected chi connectivity index (χ2v) is 22.2. The minimum absolute atomic E-state index is 0.00746. The highest BCUT2D eigenvalue weighted by atomic mass is 35.5. The summed E-state index contributed by atoms with van der Waals surface area (Å²) in [5, 5.41) is 34.7. The summed E-state index contributed by atoms with van der Waals surface area (Å²) in [7, 11) is 9.61. The second kappa shape index (κ2) is 24.8. The molecule has 0 saturated carbocycles. The monoisotopic (exact) mass is 1250 g/mol. The number of hydrogen-bond acceptors (Lipinski definition) is 13. The Balaban J connectivity index is 0.621. The summed E-state index contributed by atoms with van der Waals surface area (Å²) in [5.74, 6) is -3.94. The summed E-state index contributed by atoms with van der Waals surface area (Å²) in [6.45, 7) is 1.77. The third-order valence-electron chi connectivity index (χ3n) is 15.1. The average molecular weight is 1250 g/mol. The summed E-state index contributed by atoms with van der Waals surface area (Å²) in [6, 6.07) is 20.4. The minimum atomic E-state index is -0.634. The van der Waals surface area contributed by atoms with E-state index in [4.69, 9.17) is 11.6 Å². The molecular weight excluding hydrogens is 1190 g/mol. The van der Waals surface area contributed by atoms with Crippen molar-refractivity contribution in [2.24, 2.45) is 42.3 Å². The minimum Gasteiger partial charge on any atom is -0.507 e. The lowest BCUT2D eigenvalue weighted by atomic mass is 9.95. The van der Waals surface area contributed by atoms with Crippen LogP contribution in [0.1, 0.15) is 105 Å². The molecule has 9 amide bonds. The van der Waals surface area contributed by atoms with Crippen molar-refractivity contribution in [3.8, 4) is 5.75 Å². The van der Waals surface area contributed by atoms with Gasteiger partial charge in [0.05, 0.1) is 22.7 Å². The molecule has 0 radical (unpaired) electrons. The molecular formula is C61H60ClN19O10. The van der Waals surface area contributed by atoms with Crippen LogP contribution in [0.5, 0.6) is 5.75 Å². The first-order valence-corrected chi connectivity index (χ1v) is 28.8. The topological polar surface area (TPSA) is 357 Å². The highest BCUT2D eigenvalue weighted by Crippen LogP contribution is 2.46. The van der Waals surface area contributed by atoms with Gasteiger partial charge in [0.15, 0.2) is 17.5 Å². The van der Waals surface area contributed by atoms with E-state index in [1.54, 1.807) is 94.5 Å². The fourth-order valence-electron chi connectivity index (χ4n) is 10.9. The number of anilines is 8. The number of carbonyl (C=O) groups is 9. The number of nitrogens with one attached hydrogen (secondary N) is 9. The Hall–Kier alpha value is -11.8. The van der Waals surface area contributed by atoms with Crippen LogP contribution in [-0.4, -0.2) is 125 Å². The Kier molecular flexibility index (Phi) is 16.6. The third-order valence-corrected chi connectivity index (χ3v) is 15.5. The first-order chi connectivity index (χ1) is 43.5. The molecule has 0 saturated heterocycles. The van der Waals surface area contributed by atoms with Crippen LogP contribution in [0.3, 0.4) is 0 Å². The van der Waals surface area contributed by atoms with E-state index in [2.05, 4.69) is 62.5 Å². The molecule has 10 aromatic rings. The van der Waals surface area contributed by atoms with Gasteiger partial charge in [-0.25, -0.2) is 15.0 Å². The van der Waals surface area contributed by atoms with Gasteiger partial charge in [-0.2, -0.15) is 0 Å². The number of halogens is 1. The number of imidazole rings is 3. The number of carbonyl (C=O) groups excluding carboxylic acids is 9. The van der Waals surface area contributed by atoms with Crippen molar-refractivity contribution in [1.29, 1.82) is 0 Å². The normalized spacial score (nSPS) is 12.6. The highest BCUT2D eigenvalue weighted by molar-refractivity contribution is 6.19. The van der Waals surface area contributed by atoms with Gasteiger partial charge >= 0.3 is 0 Å². The number of phenolic OH excluding ortho intramolecular Hbond substituents is 1. The van der Waals surface area contributed by atoms with Crippen molar-refractivity contribution < 1.29 is 48.3 Å². The zero-order valence-corrected chi connectivity index (χ0v) is 50.7. The molecule has 0 fully saturated rings. The van der Waals surface area contributed by atoms with Gasteiger partial charge in [-0.05, 0) is 59.8 Å². The van der Waals surface area contributed by atoms with Crippen LogP contribution in [0.25, 0.3) is 21.7 Å². The summed E-state index contributed by atoms with van der Waals surface area (Å²) in [6.07, 6.45) is 9.25. The lowest BCUT2D eigenvalue weighted by molar-refractivity contribution is -0.116. The molecule has 0 bridgehead atoms. The van der Waals surface area contributed by atoms with Gasteiger partial charge in [0.2, 0.25) is 29.3 Å². The van der Waals surface area contributed by atoms with Gasteiger partial charge in [0.25, 0.3) is 41.4 Å². The first kappa shape index (κ1) is 60.9. The SMILES string of the molecule is CC(=O)Nc1cn(C)c(C(=O)Nc2cn(C)c(C(=O)Nc3cc(C(=O)Nc4cc(C(=O)NCCCC(=O)Nc5cn(C)c(C(=O)Nc6cc(C(=O)Nc7ccc8[nH]c(C(=O)N9CC(CCl)c%10c9cc(O)c9ccccc%109)cc8c7)n(C)c6)n5)n(C)c4)n(C)c3)n2)n1. The van der Waals surface area contributed by atoms with Gasteiger partial charge in [-0.15, -0.1) is 11.6 Å². The molecule has 91 heavy (non-hydrogen) atoms. The predicted molar refractivity (Wildman–Crippen MR) is 339 cm³/mol. The molecule has 1 aliphatic rings. The molecule has 30 heteroatoms. The number of aromatic nitrogens is 10. The smallest absolute Gasteiger partial charge is 0.292 e. The van der Waals surface area contributed by atoms with E-state index in [9.17, 15) is 48.3 Å². The highest BCUT2D eigenvalue weighted by Gasteiger charge is 2.36. The summed E-state index contributed by atoms with van der Waals surface area (Å²) in [4.78, 5) is 136. The molecule has 1 unspecified atom stereocenters. The molecule has 0 aliphatic carbocycles. The number of nitrogens with zero attached hydrogens (tertiary/aromatic N) is 10. The quantitative estimate of drug-likeness (QED) is 0.0302. The van der Waals surface area contributed by atoms with Crippen LogP contribution >= 0.6 is 11.6 Å². The van der Waals surface area contributed by atoms with E-state index in [1.807, 2.05) is 24.3 Å². The van der Waals surface area contributed by atoms with Crippen LogP contribution in [-0.2, 0) is 51.9 Å². The average Bonchev–Trinajstić information content (AvgIpc) is 1.84. The molecule has 3 aromatic carbocycles. The maximum atomic E-state index is 14.0. The lowest BCUT2D eigenvalue weighted by Crippen LogP contribution is -2.30. The van der Waals surface area contributed by atoms with E-state index in [-0.39, 0.29) is 106 Å². The lowest BCUT2D eigenvalue weighted by Gasteiger charge is -2.17.